The largest absolute Gasteiger partial charge is 0.492 e. The third-order valence-electron chi connectivity index (χ3n) is 4.81. The van der Waals surface area contributed by atoms with Crippen LogP contribution < -0.4 is 10.3 Å². The number of fused-ring (bicyclic) bond motifs is 1. The lowest BCUT2D eigenvalue weighted by atomic mass is 10.1. The number of likely N-dealkylation sites (N-methyl/N-ethyl adjacent to an activating group) is 1. The molecule has 0 aliphatic rings. The minimum atomic E-state index is -0.627. The van der Waals surface area contributed by atoms with Crippen molar-refractivity contribution >= 4 is 33.5 Å². The van der Waals surface area contributed by atoms with E-state index in [1.165, 1.54) is 19.8 Å². The van der Waals surface area contributed by atoms with Gasteiger partial charge in [-0.25, -0.2) is 9.78 Å². The van der Waals surface area contributed by atoms with E-state index in [9.17, 15) is 14.4 Å². The Kier molecular flexibility index (Phi) is 7.60. The van der Waals surface area contributed by atoms with Gasteiger partial charge in [-0.2, -0.15) is 0 Å². The third kappa shape index (κ3) is 5.51. The first kappa shape index (κ1) is 23.4. The molecule has 2 heterocycles. The number of H-pyrrole nitrogens is 1. The molecule has 0 spiro atoms. The standard InChI is InChI=1S/C22H25N3O6S/c1-13-5-7-14(8-6-13)31-10-9-25(2)12-16-23-20(27)18-15(11-17(26)29-3)19(22(28)30-4)32-21(18)24-16/h5-8H,9-12H2,1-4H3,(H,23,24,27). The number of nitrogens with zero attached hydrogens (tertiary/aromatic N) is 2. The molecule has 0 unspecified atom stereocenters. The van der Waals surface area contributed by atoms with Crippen molar-refractivity contribution in [2.45, 2.75) is 19.9 Å². The molecule has 3 aromatic rings. The van der Waals surface area contributed by atoms with Gasteiger partial charge in [0.2, 0.25) is 0 Å². The molecule has 10 heteroatoms. The molecule has 9 nitrogen and oxygen atoms in total. The molecule has 1 N–H and O–H groups in total. The van der Waals surface area contributed by atoms with Crippen molar-refractivity contribution < 1.29 is 23.8 Å². The van der Waals surface area contributed by atoms with E-state index in [0.29, 0.717) is 30.4 Å². The van der Waals surface area contributed by atoms with E-state index in [1.54, 1.807) is 0 Å². The van der Waals surface area contributed by atoms with Crippen molar-refractivity contribution in [2.24, 2.45) is 0 Å². The molecule has 0 radical (unpaired) electrons. The molecule has 0 saturated heterocycles. The maximum atomic E-state index is 12.8. The van der Waals surface area contributed by atoms with Gasteiger partial charge in [-0.3, -0.25) is 14.5 Å². The van der Waals surface area contributed by atoms with Crippen LogP contribution in [0, 0.1) is 6.92 Å². The number of aromatic amines is 1. The molecule has 0 aliphatic heterocycles. The summed E-state index contributed by atoms with van der Waals surface area (Å²) >= 11 is 1.02. The van der Waals surface area contributed by atoms with Crippen LogP contribution in [0.1, 0.15) is 26.6 Å². The number of benzene rings is 1. The van der Waals surface area contributed by atoms with E-state index >= 15 is 0 Å². The second-order valence-electron chi connectivity index (χ2n) is 7.25. The summed E-state index contributed by atoms with van der Waals surface area (Å²) in [5.74, 6) is 0.0523. The molecule has 2 aromatic heterocycles. The highest BCUT2D eigenvalue weighted by Gasteiger charge is 2.24. The molecule has 0 atom stereocenters. The van der Waals surface area contributed by atoms with Crippen LogP contribution in [-0.2, 0) is 27.2 Å². The highest BCUT2D eigenvalue weighted by Crippen LogP contribution is 2.29. The summed E-state index contributed by atoms with van der Waals surface area (Å²) in [5, 5.41) is 0.204. The Morgan fingerprint density at radius 3 is 2.53 bits per heavy atom. The van der Waals surface area contributed by atoms with Crippen LogP contribution in [0.2, 0.25) is 0 Å². The zero-order valence-electron chi connectivity index (χ0n) is 18.4. The van der Waals surface area contributed by atoms with Gasteiger partial charge in [-0.05, 0) is 26.1 Å². The number of aromatic nitrogens is 2. The van der Waals surface area contributed by atoms with Gasteiger partial charge in [0.25, 0.3) is 5.56 Å². The first-order valence-electron chi connectivity index (χ1n) is 9.90. The molecule has 3 rings (SSSR count). The normalized spacial score (nSPS) is 11.0. The quantitative estimate of drug-likeness (QED) is 0.486. The number of esters is 2. The lowest BCUT2D eigenvalue weighted by Crippen LogP contribution is -2.26. The van der Waals surface area contributed by atoms with E-state index < -0.39 is 17.5 Å². The number of hydrogen-bond donors (Lipinski definition) is 1. The first-order valence-corrected chi connectivity index (χ1v) is 10.7. The first-order chi connectivity index (χ1) is 15.3. The smallest absolute Gasteiger partial charge is 0.348 e. The Bertz CT molecular complexity index is 1170. The van der Waals surface area contributed by atoms with E-state index in [2.05, 4.69) is 9.97 Å². The molecular weight excluding hydrogens is 434 g/mol. The van der Waals surface area contributed by atoms with Crippen molar-refractivity contribution in [3.63, 3.8) is 0 Å². The SMILES string of the molecule is COC(=O)Cc1c(C(=O)OC)sc2nc(CN(C)CCOc3ccc(C)cc3)[nH]c(=O)c12. The van der Waals surface area contributed by atoms with Gasteiger partial charge in [0.05, 0.1) is 32.6 Å². The number of thiophene rings is 1. The van der Waals surface area contributed by atoms with Gasteiger partial charge in [0.1, 0.15) is 27.9 Å². The minimum absolute atomic E-state index is 0.169. The molecule has 1 aromatic carbocycles. The summed E-state index contributed by atoms with van der Waals surface area (Å²) in [5.41, 5.74) is 1.02. The molecular formula is C22H25N3O6S. The zero-order chi connectivity index (χ0) is 23.3. The highest BCUT2D eigenvalue weighted by atomic mass is 32.1. The average Bonchev–Trinajstić information content (AvgIpc) is 3.13. The molecule has 0 fully saturated rings. The predicted molar refractivity (Wildman–Crippen MR) is 120 cm³/mol. The molecule has 0 aliphatic carbocycles. The number of methoxy groups -OCH3 is 2. The van der Waals surface area contributed by atoms with E-state index in [1.807, 2.05) is 43.1 Å². The Labute approximate surface area is 188 Å². The molecule has 0 saturated carbocycles. The van der Waals surface area contributed by atoms with Crippen LogP contribution in [-0.4, -0.2) is 61.2 Å². The molecule has 0 bridgehead atoms. The number of hydrogen-bond acceptors (Lipinski definition) is 9. The fraction of sp³-hybridized carbons (Fsp3) is 0.364. The second kappa shape index (κ2) is 10.4. The Morgan fingerprint density at radius 1 is 1.16 bits per heavy atom. The van der Waals surface area contributed by atoms with Crippen LogP contribution in [0.4, 0.5) is 0 Å². The second-order valence-corrected chi connectivity index (χ2v) is 8.25. The topological polar surface area (TPSA) is 111 Å². The van der Waals surface area contributed by atoms with Crippen molar-refractivity contribution in [1.82, 2.24) is 14.9 Å². The lowest BCUT2D eigenvalue weighted by molar-refractivity contribution is -0.139. The van der Waals surface area contributed by atoms with Crippen molar-refractivity contribution in [3.05, 3.63) is 56.4 Å². The van der Waals surface area contributed by atoms with Crippen LogP contribution in [0.25, 0.3) is 10.2 Å². The van der Waals surface area contributed by atoms with Crippen LogP contribution in [0.5, 0.6) is 5.75 Å². The number of aryl methyl sites for hydroxylation is 1. The maximum absolute atomic E-state index is 12.8. The number of carbonyl (C=O) groups excluding carboxylic acids is 2. The number of carbonyl (C=O) groups is 2. The van der Waals surface area contributed by atoms with Gasteiger partial charge >= 0.3 is 11.9 Å². The maximum Gasteiger partial charge on any atom is 0.348 e. The number of ether oxygens (including phenoxy) is 3. The summed E-state index contributed by atoms with van der Waals surface area (Å²) in [7, 11) is 4.37. The monoisotopic (exact) mass is 459 g/mol. The predicted octanol–water partition coefficient (Wildman–Crippen LogP) is 2.31. The van der Waals surface area contributed by atoms with E-state index in [0.717, 1.165) is 17.1 Å². The summed E-state index contributed by atoms with van der Waals surface area (Å²) < 4.78 is 15.2. The fourth-order valence-corrected chi connectivity index (χ4v) is 4.25. The third-order valence-corrected chi connectivity index (χ3v) is 5.92. The van der Waals surface area contributed by atoms with Gasteiger partial charge in [-0.1, -0.05) is 17.7 Å². The van der Waals surface area contributed by atoms with Crippen LogP contribution in [0.3, 0.4) is 0 Å². The summed E-state index contributed by atoms with van der Waals surface area (Å²) in [4.78, 5) is 46.5. The Balaban J connectivity index is 1.76. The summed E-state index contributed by atoms with van der Waals surface area (Å²) in [6, 6.07) is 7.82. The molecule has 32 heavy (non-hydrogen) atoms. The van der Waals surface area contributed by atoms with E-state index in [4.69, 9.17) is 14.2 Å². The molecule has 170 valence electrons. The van der Waals surface area contributed by atoms with Gasteiger partial charge in [0, 0.05) is 12.1 Å². The van der Waals surface area contributed by atoms with Crippen molar-refractivity contribution in [3.8, 4) is 5.75 Å². The van der Waals surface area contributed by atoms with E-state index in [-0.39, 0.29) is 22.2 Å². The van der Waals surface area contributed by atoms with Crippen molar-refractivity contribution in [1.29, 1.82) is 0 Å². The van der Waals surface area contributed by atoms with Gasteiger partial charge in [-0.15, -0.1) is 11.3 Å². The highest BCUT2D eigenvalue weighted by molar-refractivity contribution is 7.20. The fourth-order valence-electron chi connectivity index (χ4n) is 3.12. The average molecular weight is 460 g/mol. The van der Waals surface area contributed by atoms with Crippen LogP contribution in [0.15, 0.2) is 29.1 Å². The minimum Gasteiger partial charge on any atom is -0.492 e. The molecule has 0 amide bonds. The lowest BCUT2D eigenvalue weighted by Gasteiger charge is -2.16. The Morgan fingerprint density at radius 2 is 1.88 bits per heavy atom. The summed E-state index contributed by atoms with van der Waals surface area (Å²) in [6.45, 7) is 3.48. The zero-order valence-corrected chi connectivity index (χ0v) is 19.2. The number of nitrogens with one attached hydrogen (secondary N) is 1. The Hall–Kier alpha value is -3.24. The van der Waals surface area contributed by atoms with Crippen molar-refractivity contribution in [2.75, 3.05) is 34.4 Å². The van der Waals surface area contributed by atoms with Gasteiger partial charge < -0.3 is 19.2 Å². The summed E-state index contributed by atoms with van der Waals surface area (Å²) in [6.07, 6.45) is -0.221. The van der Waals surface area contributed by atoms with Gasteiger partial charge in [0.15, 0.2) is 0 Å². The number of rotatable bonds is 9. The van der Waals surface area contributed by atoms with Crippen LogP contribution >= 0.6 is 11.3 Å².